The molecule has 8 nitrogen and oxygen atoms in total. The van der Waals surface area contributed by atoms with Crippen LogP contribution in [0.2, 0.25) is 0 Å². The molecule has 24 heavy (non-hydrogen) atoms. The van der Waals surface area contributed by atoms with Gasteiger partial charge in [-0.3, -0.25) is 19.5 Å². The number of hydrogen-bond acceptors (Lipinski definition) is 4. The van der Waals surface area contributed by atoms with Gasteiger partial charge in [-0.05, 0) is 39.8 Å². The third-order valence-corrected chi connectivity index (χ3v) is 3.74. The van der Waals surface area contributed by atoms with Crippen LogP contribution in [0.1, 0.15) is 39.0 Å². The van der Waals surface area contributed by atoms with Gasteiger partial charge in [0.25, 0.3) is 0 Å². The number of amides is 2. The maximum Gasteiger partial charge on any atom is 0.244 e. The lowest BCUT2D eigenvalue weighted by Gasteiger charge is -2.27. The highest BCUT2D eigenvalue weighted by atomic mass is 16.2. The van der Waals surface area contributed by atoms with Crippen LogP contribution in [0.3, 0.4) is 0 Å². The summed E-state index contributed by atoms with van der Waals surface area (Å²) < 4.78 is 0. The van der Waals surface area contributed by atoms with E-state index in [9.17, 15) is 9.59 Å². The maximum absolute atomic E-state index is 12.5. The van der Waals surface area contributed by atoms with Gasteiger partial charge in [-0.25, -0.2) is 0 Å². The van der Waals surface area contributed by atoms with E-state index in [1.54, 1.807) is 14.1 Å². The van der Waals surface area contributed by atoms with Crippen LogP contribution in [0.5, 0.6) is 0 Å². The van der Waals surface area contributed by atoms with Crippen LogP contribution in [0, 0.1) is 0 Å². The van der Waals surface area contributed by atoms with E-state index in [2.05, 4.69) is 10.3 Å². The van der Waals surface area contributed by atoms with Crippen LogP contribution in [0.4, 0.5) is 0 Å². The van der Waals surface area contributed by atoms with Crippen LogP contribution in [0.25, 0.3) is 0 Å². The molecule has 0 aromatic carbocycles. The summed E-state index contributed by atoms with van der Waals surface area (Å²) in [7, 11) is 7.13. The predicted molar refractivity (Wildman–Crippen MR) is 97.5 cm³/mol. The molecule has 0 aromatic rings. The monoisotopic (exact) mass is 342 g/mol. The molecule has 0 spiro atoms. The topological polar surface area (TPSA) is 117 Å². The summed E-state index contributed by atoms with van der Waals surface area (Å²) in [6.07, 6.45) is 3.74. The van der Waals surface area contributed by atoms with Crippen molar-refractivity contribution in [1.29, 1.82) is 0 Å². The number of nitrogens with one attached hydrogen (secondary N) is 1. The predicted octanol–water partition coefficient (Wildman–Crippen LogP) is -0.267. The Balaban J connectivity index is 4.74. The lowest BCUT2D eigenvalue weighted by atomic mass is 10.1. The molecule has 0 aliphatic heterocycles. The van der Waals surface area contributed by atoms with Crippen molar-refractivity contribution in [3.63, 3.8) is 0 Å². The standard InChI is InChI=1S/C16H34N6O2/c1-6-9-13(21(2)3)14(23)20-12(15(24)22(4)5)10-7-8-11-19-16(17)18/h12-13H,6-11H2,1-5H3,(H,20,23)(H4,17,18,19)/t12-,13-/m0/s1. The molecule has 2 atom stereocenters. The minimum absolute atomic E-state index is 0.0672. The average molecular weight is 342 g/mol. The number of hydrogen-bond donors (Lipinski definition) is 3. The summed E-state index contributed by atoms with van der Waals surface area (Å²) in [5.74, 6) is -0.136. The first-order valence-corrected chi connectivity index (χ1v) is 8.44. The number of aliphatic imine (C=N–C) groups is 1. The Kier molecular flexibility index (Phi) is 10.8. The summed E-state index contributed by atoms with van der Waals surface area (Å²) in [5.41, 5.74) is 10.6. The number of carbonyl (C=O) groups is 2. The molecule has 5 N–H and O–H groups in total. The number of unbranched alkanes of at least 4 members (excludes halogenated alkanes) is 1. The lowest BCUT2D eigenvalue weighted by Crippen LogP contribution is -2.52. The Labute approximate surface area is 145 Å². The number of nitrogens with zero attached hydrogens (tertiary/aromatic N) is 3. The van der Waals surface area contributed by atoms with E-state index in [0.717, 1.165) is 25.7 Å². The number of carbonyl (C=O) groups excluding carboxylic acids is 2. The molecule has 0 saturated heterocycles. The Morgan fingerprint density at radius 3 is 2.17 bits per heavy atom. The molecular weight excluding hydrogens is 308 g/mol. The second-order valence-corrected chi connectivity index (χ2v) is 6.36. The summed E-state index contributed by atoms with van der Waals surface area (Å²) in [5, 5.41) is 2.91. The van der Waals surface area contributed by atoms with Gasteiger partial charge in [0.1, 0.15) is 6.04 Å². The molecule has 8 heteroatoms. The molecule has 0 saturated carbocycles. The summed E-state index contributed by atoms with van der Waals surface area (Å²) in [6, 6.07) is -0.750. The SMILES string of the molecule is CCC[C@@H](C(=O)N[C@@H](CCCCN=C(N)N)C(=O)N(C)C)N(C)C. The van der Waals surface area contributed by atoms with Crippen LogP contribution in [-0.2, 0) is 9.59 Å². The number of guanidine groups is 1. The third kappa shape index (κ3) is 8.71. The third-order valence-electron chi connectivity index (χ3n) is 3.74. The van der Waals surface area contributed by atoms with Crippen molar-refractivity contribution in [2.45, 2.75) is 51.1 Å². The van der Waals surface area contributed by atoms with Crippen molar-refractivity contribution in [3.8, 4) is 0 Å². The van der Waals surface area contributed by atoms with E-state index >= 15 is 0 Å². The van der Waals surface area contributed by atoms with Crippen molar-refractivity contribution >= 4 is 17.8 Å². The lowest BCUT2D eigenvalue weighted by molar-refractivity contribution is -0.136. The quantitative estimate of drug-likeness (QED) is 0.271. The second-order valence-electron chi connectivity index (χ2n) is 6.36. The maximum atomic E-state index is 12.5. The molecule has 0 aromatic heterocycles. The molecule has 140 valence electrons. The Hall–Kier alpha value is -1.83. The van der Waals surface area contributed by atoms with E-state index in [4.69, 9.17) is 11.5 Å². The molecule has 0 rings (SSSR count). The van der Waals surface area contributed by atoms with Crippen molar-refractivity contribution in [2.24, 2.45) is 16.5 Å². The van der Waals surface area contributed by atoms with E-state index in [0.29, 0.717) is 13.0 Å². The largest absolute Gasteiger partial charge is 0.370 e. The fourth-order valence-electron chi connectivity index (χ4n) is 2.40. The van der Waals surface area contributed by atoms with Gasteiger partial charge in [0, 0.05) is 20.6 Å². The Morgan fingerprint density at radius 2 is 1.71 bits per heavy atom. The van der Waals surface area contributed by atoms with E-state index in [-0.39, 0.29) is 23.8 Å². The minimum atomic E-state index is -0.522. The van der Waals surface area contributed by atoms with E-state index in [1.807, 2.05) is 25.9 Å². The first-order valence-electron chi connectivity index (χ1n) is 8.44. The van der Waals surface area contributed by atoms with Gasteiger partial charge in [0.05, 0.1) is 6.04 Å². The van der Waals surface area contributed by atoms with E-state index in [1.165, 1.54) is 4.90 Å². The zero-order chi connectivity index (χ0) is 18.7. The Bertz CT molecular complexity index is 419. The smallest absolute Gasteiger partial charge is 0.244 e. The molecule has 0 aliphatic rings. The van der Waals surface area contributed by atoms with Gasteiger partial charge in [-0.15, -0.1) is 0 Å². The van der Waals surface area contributed by atoms with Crippen LogP contribution >= 0.6 is 0 Å². The fraction of sp³-hybridized carbons (Fsp3) is 0.812. The fourth-order valence-corrected chi connectivity index (χ4v) is 2.40. The molecule has 0 bridgehead atoms. The van der Waals surface area contributed by atoms with Gasteiger partial charge in [-0.1, -0.05) is 13.3 Å². The number of rotatable bonds is 11. The second kappa shape index (κ2) is 11.7. The molecule has 2 amide bonds. The van der Waals surface area contributed by atoms with Crippen LogP contribution < -0.4 is 16.8 Å². The highest BCUT2D eigenvalue weighted by Crippen LogP contribution is 2.08. The summed E-state index contributed by atoms with van der Waals surface area (Å²) in [4.78, 5) is 32.2. The zero-order valence-electron chi connectivity index (χ0n) is 15.7. The van der Waals surface area contributed by atoms with Gasteiger partial charge >= 0.3 is 0 Å². The minimum Gasteiger partial charge on any atom is -0.370 e. The normalized spacial score (nSPS) is 13.2. The van der Waals surface area contributed by atoms with Gasteiger partial charge < -0.3 is 21.7 Å². The first kappa shape index (κ1) is 22.2. The molecule has 0 heterocycles. The summed E-state index contributed by atoms with van der Waals surface area (Å²) in [6.45, 7) is 2.56. The Morgan fingerprint density at radius 1 is 1.08 bits per heavy atom. The number of likely N-dealkylation sites (N-methyl/N-ethyl adjacent to an activating group) is 2. The highest BCUT2D eigenvalue weighted by molar-refractivity contribution is 5.89. The van der Waals surface area contributed by atoms with Crippen LogP contribution in [-0.4, -0.2) is 74.4 Å². The first-order chi connectivity index (χ1) is 11.2. The van der Waals surface area contributed by atoms with Crippen LogP contribution in [0.15, 0.2) is 4.99 Å². The van der Waals surface area contributed by atoms with Crippen molar-refractivity contribution < 1.29 is 9.59 Å². The molecule has 0 aliphatic carbocycles. The molecule has 0 unspecified atom stereocenters. The van der Waals surface area contributed by atoms with E-state index < -0.39 is 6.04 Å². The highest BCUT2D eigenvalue weighted by Gasteiger charge is 2.26. The summed E-state index contributed by atoms with van der Waals surface area (Å²) >= 11 is 0. The zero-order valence-corrected chi connectivity index (χ0v) is 15.7. The van der Waals surface area contributed by atoms with Gasteiger partial charge in [0.15, 0.2) is 5.96 Å². The molecular formula is C16H34N6O2. The molecule has 0 fully saturated rings. The van der Waals surface area contributed by atoms with Gasteiger partial charge in [0.2, 0.25) is 11.8 Å². The van der Waals surface area contributed by atoms with Crippen molar-refractivity contribution in [1.82, 2.24) is 15.1 Å². The van der Waals surface area contributed by atoms with Crippen molar-refractivity contribution in [3.05, 3.63) is 0 Å². The average Bonchev–Trinajstić information content (AvgIpc) is 2.49. The molecule has 0 radical (unpaired) electrons. The van der Waals surface area contributed by atoms with Gasteiger partial charge in [-0.2, -0.15) is 0 Å². The van der Waals surface area contributed by atoms with Crippen molar-refractivity contribution in [2.75, 3.05) is 34.7 Å². The number of nitrogens with two attached hydrogens (primary N) is 2.